The first kappa shape index (κ1) is 12.7. The third kappa shape index (κ3) is 3.90. The summed E-state index contributed by atoms with van der Waals surface area (Å²) in [5.41, 5.74) is -3.27. The molecule has 1 aliphatic rings. The van der Waals surface area contributed by atoms with Gasteiger partial charge in [0.05, 0.1) is 19.3 Å². The molecule has 6 heteroatoms. The molecule has 1 fully saturated rings. The Hall–Kier alpha value is -0.720. The van der Waals surface area contributed by atoms with Crippen LogP contribution in [0.3, 0.4) is 0 Å². The van der Waals surface area contributed by atoms with E-state index < -0.39 is 5.51 Å². The highest BCUT2D eigenvalue weighted by molar-refractivity contribution is 8.00. The van der Waals surface area contributed by atoms with Gasteiger partial charge in [0, 0.05) is 11.4 Å². The molecule has 0 saturated carbocycles. The molecule has 1 saturated heterocycles. The van der Waals surface area contributed by atoms with Gasteiger partial charge < -0.3 is 10.1 Å². The van der Waals surface area contributed by atoms with Gasteiger partial charge >= 0.3 is 5.51 Å². The summed E-state index contributed by atoms with van der Waals surface area (Å²) in [6, 6.07) is 6.47. The van der Waals surface area contributed by atoms with Crippen molar-refractivity contribution in [1.29, 1.82) is 0 Å². The van der Waals surface area contributed by atoms with Gasteiger partial charge in [-0.25, -0.2) is 0 Å². The summed E-state index contributed by atoms with van der Waals surface area (Å²) >= 11 is -0.0956. The second-order valence-electron chi connectivity index (χ2n) is 3.70. The molecular weight excluding hydrogens is 251 g/mol. The van der Waals surface area contributed by atoms with Gasteiger partial charge in [-0.1, -0.05) is 12.1 Å². The summed E-state index contributed by atoms with van der Waals surface area (Å²) in [5.74, 6) is 0. The summed E-state index contributed by atoms with van der Waals surface area (Å²) in [4.78, 5) is 0.206. The quantitative estimate of drug-likeness (QED) is 0.829. The van der Waals surface area contributed by atoms with Crippen molar-refractivity contribution < 1.29 is 17.9 Å². The smallest absolute Gasteiger partial charge is 0.378 e. The molecule has 0 bridgehead atoms. The van der Waals surface area contributed by atoms with E-state index in [2.05, 4.69) is 5.32 Å². The Kier molecular flexibility index (Phi) is 3.96. The van der Waals surface area contributed by atoms with Gasteiger partial charge in [0.1, 0.15) is 0 Å². The van der Waals surface area contributed by atoms with Crippen LogP contribution in [-0.2, 0) is 4.74 Å². The average molecular weight is 263 g/mol. The molecule has 1 N–H and O–H groups in total. The molecule has 0 radical (unpaired) electrons. The average Bonchev–Trinajstić information content (AvgIpc) is 2.29. The number of thioether (sulfide) groups is 1. The van der Waals surface area contributed by atoms with Crippen molar-refractivity contribution in [2.45, 2.75) is 16.4 Å². The zero-order valence-electron chi connectivity index (χ0n) is 8.96. The van der Waals surface area contributed by atoms with Crippen LogP contribution in [-0.4, -0.2) is 25.3 Å². The van der Waals surface area contributed by atoms with Crippen molar-refractivity contribution in [2.24, 2.45) is 0 Å². The van der Waals surface area contributed by atoms with Gasteiger partial charge in [0.2, 0.25) is 0 Å². The minimum atomic E-state index is -4.23. The first-order valence-electron chi connectivity index (χ1n) is 5.21. The van der Waals surface area contributed by atoms with Gasteiger partial charge in [-0.3, -0.25) is 0 Å². The van der Waals surface area contributed by atoms with Gasteiger partial charge in [0.25, 0.3) is 0 Å². The van der Waals surface area contributed by atoms with E-state index in [1.165, 1.54) is 12.1 Å². The van der Waals surface area contributed by atoms with E-state index in [0.717, 1.165) is 12.1 Å². The fourth-order valence-electron chi connectivity index (χ4n) is 1.68. The molecule has 0 unspecified atom stereocenters. The highest BCUT2D eigenvalue weighted by Gasteiger charge is 2.29. The molecular formula is C11H12F3NOS. The summed E-state index contributed by atoms with van der Waals surface area (Å²) in [6.45, 7) is 2.01. The predicted octanol–water partition coefficient (Wildman–Crippen LogP) is 2.96. The molecule has 1 atom stereocenters. The van der Waals surface area contributed by atoms with Gasteiger partial charge in [0.15, 0.2) is 0 Å². The van der Waals surface area contributed by atoms with Crippen molar-refractivity contribution in [3.05, 3.63) is 29.8 Å². The van der Waals surface area contributed by atoms with Crippen LogP contribution >= 0.6 is 11.8 Å². The van der Waals surface area contributed by atoms with E-state index in [-0.39, 0.29) is 22.7 Å². The molecule has 2 rings (SSSR count). The van der Waals surface area contributed by atoms with Crippen LogP contribution in [0.2, 0.25) is 0 Å². The van der Waals surface area contributed by atoms with Crippen molar-refractivity contribution in [3.63, 3.8) is 0 Å². The lowest BCUT2D eigenvalue weighted by atomic mass is 10.1. The number of benzene rings is 1. The van der Waals surface area contributed by atoms with Crippen LogP contribution in [0.1, 0.15) is 11.6 Å². The summed E-state index contributed by atoms with van der Waals surface area (Å²) in [5, 5.41) is 3.25. The molecule has 1 aromatic rings. The van der Waals surface area contributed by atoms with Crippen LogP contribution in [0.4, 0.5) is 13.2 Å². The Morgan fingerprint density at radius 3 is 2.47 bits per heavy atom. The lowest BCUT2D eigenvalue weighted by Crippen LogP contribution is -2.34. The molecule has 94 valence electrons. The number of hydrogen-bond acceptors (Lipinski definition) is 3. The summed E-state index contributed by atoms with van der Waals surface area (Å²) in [6.07, 6.45) is 0. The van der Waals surface area contributed by atoms with Gasteiger partial charge in [-0.15, -0.1) is 0 Å². The van der Waals surface area contributed by atoms with E-state index in [1.54, 1.807) is 12.1 Å². The SMILES string of the molecule is FC(F)(F)Sc1ccc([C@@H]2COCCN2)cc1. The number of alkyl halides is 3. The normalized spacial score (nSPS) is 21.5. The number of nitrogens with one attached hydrogen (secondary N) is 1. The summed E-state index contributed by atoms with van der Waals surface area (Å²) in [7, 11) is 0. The molecule has 0 spiro atoms. The van der Waals surface area contributed by atoms with E-state index >= 15 is 0 Å². The maximum absolute atomic E-state index is 12.1. The first-order valence-corrected chi connectivity index (χ1v) is 6.03. The Morgan fingerprint density at radius 1 is 1.24 bits per heavy atom. The highest BCUT2D eigenvalue weighted by atomic mass is 32.2. The van der Waals surface area contributed by atoms with E-state index in [4.69, 9.17) is 4.74 Å². The zero-order chi connectivity index (χ0) is 12.3. The molecule has 1 aromatic carbocycles. The Labute approximate surface area is 102 Å². The van der Waals surface area contributed by atoms with Crippen molar-refractivity contribution in [3.8, 4) is 0 Å². The van der Waals surface area contributed by atoms with Crippen molar-refractivity contribution >= 4 is 11.8 Å². The number of hydrogen-bond donors (Lipinski definition) is 1. The Morgan fingerprint density at radius 2 is 1.94 bits per heavy atom. The van der Waals surface area contributed by atoms with Gasteiger partial charge in [-0.05, 0) is 29.5 Å². The van der Waals surface area contributed by atoms with Crippen LogP contribution in [0.5, 0.6) is 0 Å². The number of rotatable bonds is 2. The topological polar surface area (TPSA) is 21.3 Å². The van der Waals surface area contributed by atoms with E-state index in [1.807, 2.05) is 0 Å². The molecule has 1 aliphatic heterocycles. The maximum atomic E-state index is 12.1. The molecule has 0 aliphatic carbocycles. The van der Waals surface area contributed by atoms with Gasteiger partial charge in [-0.2, -0.15) is 13.2 Å². The fourth-order valence-corrected chi connectivity index (χ4v) is 2.22. The fraction of sp³-hybridized carbons (Fsp3) is 0.455. The Balaban J connectivity index is 2.02. The predicted molar refractivity (Wildman–Crippen MR) is 59.9 cm³/mol. The maximum Gasteiger partial charge on any atom is 0.446 e. The minimum Gasteiger partial charge on any atom is -0.378 e. The number of morpholine rings is 1. The second-order valence-corrected chi connectivity index (χ2v) is 4.84. The molecule has 1 heterocycles. The van der Waals surface area contributed by atoms with Crippen molar-refractivity contribution in [1.82, 2.24) is 5.32 Å². The van der Waals surface area contributed by atoms with Crippen LogP contribution < -0.4 is 5.32 Å². The van der Waals surface area contributed by atoms with E-state index in [9.17, 15) is 13.2 Å². The van der Waals surface area contributed by atoms with Crippen LogP contribution in [0.25, 0.3) is 0 Å². The van der Waals surface area contributed by atoms with Crippen molar-refractivity contribution in [2.75, 3.05) is 19.8 Å². The monoisotopic (exact) mass is 263 g/mol. The van der Waals surface area contributed by atoms with Crippen LogP contribution in [0.15, 0.2) is 29.2 Å². The zero-order valence-corrected chi connectivity index (χ0v) is 9.77. The number of ether oxygens (including phenoxy) is 1. The number of halogens is 3. The summed E-state index contributed by atoms with van der Waals surface area (Å²) < 4.78 is 41.7. The molecule has 2 nitrogen and oxygen atoms in total. The largest absolute Gasteiger partial charge is 0.446 e. The second kappa shape index (κ2) is 5.29. The molecule has 17 heavy (non-hydrogen) atoms. The standard InChI is InChI=1S/C11H12F3NOS/c12-11(13,14)17-9-3-1-8(2-4-9)10-7-16-6-5-15-10/h1-4,10,15H,5-7H2/t10-/m0/s1. The highest BCUT2D eigenvalue weighted by Crippen LogP contribution is 2.37. The van der Waals surface area contributed by atoms with E-state index in [0.29, 0.717) is 13.2 Å². The molecule has 0 amide bonds. The van der Waals surface area contributed by atoms with Crippen LogP contribution in [0, 0.1) is 0 Å². The minimum absolute atomic E-state index is 0.0775. The third-order valence-corrected chi connectivity index (χ3v) is 3.18. The lowest BCUT2D eigenvalue weighted by Gasteiger charge is -2.24. The first-order chi connectivity index (χ1) is 8.04. The third-order valence-electron chi connectivity index (χ3n) is 2.44. The lowest BCUT2D eigenvalue weighted by molar-refractivity contribution is -0.0328. The Bertz CT molecular complexity index is 360. The molecule has 0 aromatic heterocycles.